The van der Waals surface area contributed by atoms with Crippen LogP contribution in [0.2, 0.25) is 0 Å². The normalized spacial score (nSPS) is 16.7. The summed E-state index contributed by atoms with van der Waals surface area (Å²) in [6.45, 7) is -0.698. The van der Waals surface area contributed by atoms with Gasteiger partial charge < -0.3 is 9.72 Å². The average Bonchev–Trinajstić information content (AvgIpc) is 3.04. The number of nitrogens with zero attached hydrogens (tertiary/aromatic N) is 2. The van der Waals surface area contributed by atoms with E-state index in [4.69, 9.17) is 0 Å². The van der Waals surface area contributed by atoms with Crippen molar-refractivity contribution in [2.45, 2.75) is 32.8 Å². The first-order valence-electron chi connectivity index (χ1n) is 9.16. The second-order valence-electron chi connectivity index (χ2n) is 7.06. The van der Waals surface area contributed by atoms with E-state index in [2.05, 4.69) is 27.7 Å². The van der Waals surface area contributed by atoms with Crippen LogP contribution in [0.1, 0.15) is 35.2 Å². The molecule has 1 aromatic carbocycles. The third-order valence-electron chi connectivity index (χ3n) is 4.96. The number of alkyl halides is 2. The van der Waals surface area contributed by atoms with E-state index in [1.807, 2.05) is 0 Å². The molecule has 2 heterocycles. The highest BCUT2D eigenvalue weighted by molar-refractivity contribution is 7.18. The number of hydrogen-bond donors (Lipinski definition) is 1. The van der Waals surface area contributed by atoms with Crippen molar-refractivity contribution in [1.82, 2.24) is 9.97 Å². The van der Waals surface area contributed by atoms with Crippen molar-refractivity contribution >= 4 is 33.2 Å². The summed E-state index contributed by atoms with van der Waals surface area (Å²) in [6.07, 6.45) is 4.41. The zero-order valence-corrected chi connectivity index (χ0v) is 16.4. The van der Waals surface area contributed by atoms with Crippen molar-refractivity contribution in [1.29, 1.82) is 5.26 Å². The standard InChI is InChI=1S/C21H17F2N3O2S/c1-11-2-7-15-16(8-11)29-20-17(15)19(27)25-18(26-20)13(10-24)9-12-3-5-14(6-4-12)28-21(22)23/h3-6,9,11,21H,2,7-8H2,1H3,(H,25,26,27)/b13-9+/t11-/m0/s1. The Morgan fingerprint density at radius 2 is 2.17 bits per heavy atom. The molecule has 3 aromatic rings. The van der Waals surface area contributed by atoms with Crippen LogP contribution in [0.15, 0.2) is 29.1 Å². The fourth-order valence-electron chi connectivity index (χ4n) is 3.54. The molecule has 4 rings (SSSR count). The quantitative estimate of drug-likeness (QED) is 0.625. The maximum atomic E-state index is 12.7. The summed E-state index contributed by atoms with van der Waals surface area (Å²) in [6, 6.07) is 7.94. The van der Waals surface area contributed by atoms with Gasteiger partial charge in [-0.1, -0.05) is 19.1 Å². The van der Waals surface area contributed by atoms with Gasteiger partial charge in [-0.3, -0.25) is 4.79 Å². The Balaban J connectivity index is 1.71. The van der Waals surface area contributed by atoms with Gasteiger partial charge in [0.1, 0.15) is 16.6 Å². The molecule has 0 aliphatic heterocycles. The molecule has 1 atom stereocenters. The number of benzene rings is 1. The first-order chi connectivity index (χ1) is 13.9. The lowest BCUT2D eigenvalue weighted by molar-refractivity contribution is -0.0498. The summed E-state index contributed by atoms with van der Waals surface area (Å²) < 4.78 is 28.8. The number of aryl methyl sites for hydroxylation is 1. The van der Waals surface area contributed by atoms with Crippen LogP contribution >= 0.6 is 11.3 Å². The summed E-state index contributed by atoms with van der Waals surface area (Å²) in [7, 11) is 0. The average molecular weight is 413 g/mol. The van der Waals surface area contributed by atoms with E-state index in [1.165, 1.54) is 28.3 Å². The number of fused-ring (bicyclic) bond motifs is 3. The highest BCUT2D eigenvalue weighted by Crippen LogP contribution is 2.36. The highest BCUT2D eigenvalue weighted by Gasteiger charge is 2.23. The lowest BCUT2D eigenvalue weighted by atomic mass is 9.89. The van der Waals surface area contributed by atoms with Gasteiger partial charge >= 0.3 is 6.61 Å². The summed E-state index contributed by atoms with van der Waals surface area (Å²) in [4.78, 5) is 21.8. The topological polar surface area (TPSA) is 78.8 Å². The van der Waals surface area contributed by atoms with E-state index in [1.54, 1.807) is 18.2 Å². The number of H-pyrrole nitrogens is 1. The predicted molar refractivity (Wildman–Crippen MR) is 108 cm³/mol. The number of ether oxygens (including phenoxy) is 1. The minimum absolute atomic E-state index is 0.0296. The van der Waals surface area contributed by atoms with Crippen LogP contribution in [-0.4, -0.2) is 16.6 Å². The van der Waals surface area contributed by atoms with Gasteiger partial charge in [-0.05, 0) is 54.5 Å². The Kier molecular flexibility index (Phi) is 5.16. The first kappa shape index (κ1) is 19.3. The zero-order chi connectivity index (χ0) is 20.5. The van der Waals surface area contributed by atoms with Gasteiger partial charge in [-0.25, -0.2) is 4.98 Å². The SMILES string of the molecule is C[C@H]1CCc2c(sc3nc(/C(C#N)=C/c4ccc(OC(F)F)cc4)[nH]c(=O)c23)C1. The van der Waals surface area contributed by atoms with Gasteiger partial charge in [0.25, 0.3) is 5.56 Å². The molecule has 148 valence electrons. The Hall–Kier alpha value is -3.05. The molecule has 29 heavy (non-hydrogen) atoms. The molecule has 0 radical (unpaired) electrons. The molecule has 0 unspecified atom stereocenters. The molecule has 1 aliphatic carbocycles. The number of allylic oxidation sites excluding steroid dienone is 1. The molecule has 5 nitrogen and oxygen atoms in total. The first-order valence-corrected chi connectivity index (χ1v) is 9.98. The van der Waals surface area contributed by atoms with Crippen molar-refractivity contribution in [2.75, 3.05) is 0 Å². The number of halogens is 2. The van der Waals surface area contributed by atoms with Gasteiger partial charge in [0.2, 0.25) is 0 Å². The van der Waals surface area contributed by atoms with E-state index in [0.29, 0.717) is 21.7 Å². The summed E-state index contributed by atoms with van der Waals surface area (Å²) in [5, 5.41) is 10.2. The molecule has 1 aliphatic rings. The second-order valence-corrected chi connectivity index (χ2v) is 8.15. The number of aromatic amines is 1. The second kappa shape index (κ2) is 7.76. The van der Waals surface area contributed by atoms with Crippen LogP contribution < -0.4 is 10.3 Å². The molecule has 0 spiro atoms. The van der Waals surface area contributed by atoms with Crippen molar-refractivity contribution in [3.63, 3.8) is 0 Å². The van der Waals surface area contributed by atoms with Gasteiger partial charge in [0, 0.05) is 4.88 Å². The largest absolute Gasteiger partial charge is 0.435 e. The molecular formula is C21H17F2N3O2S. The fourth-order valence-corrected chi connectivity index (χ4v) is 4.93. The number of rotatable bonds is 4. The third kappa shape index (κ3) is 3.91. The van der Waals surface area contributed by atoms with Crippen LogP contribution in [0.25, 0.3) is 21.9 Å². The summed E-state index contributed by atoms with van der Waals surface area (Å²) in [5.74, 6) is 0.812. The summed E-state index contributed by atoms with van der Waals surface area (Å²) in [5.41, 5.74) is 1.64. The van der Waals surface area contributed by atoms with Gasteiger partial charge in [-0.2, -0.15) is 14.0 Å². The van der Waals surface area contributed by atoms with E-state index < -0.39 is 6.61 Å². The Bertz CT molecular complexity index is 1190. The van der Waals surface area contributed by atoms with Crippen molar-refractivity contribution in [3.05, 3.63) is 56.4 Å². The summed E-state index contributed by atoms with van der Waals surface area (Å²) >= 11 is 1.52. The van der Waals surface area contributed by atoms with Gasteiger partial charge in [0.05, 0.1) is 11.0 Å². The zero-order valence-electron chi connectivity index (χ0n) is 15.5. The van der Waals surface area contributed by atoms with Crippen molar-refractivity contribution in [3.8, 4) is 11.8 Å². The Morgan fingerprint density at radius 3 is 2.86 bits per heavy atom. The maximum absolute atomic E-state index is 12.7. The minimum atomic E-state index is -2.90. The molecule has 0 saturated carbocycles. The molecule has 0 bridgehead atoms. The van der Waals surface area contributed by atoms with E-state index in [-0.39, 0.29) is 22.7 Å². The number of nitriles is 1. The smallest absolute Gasteiger partial charge is 0.387 e. The minimum Gasteiger partial charge on any atom is -0.435 e. The number of hydrogen-bond acceptors (Lipinski definition) is 5. The molecular weight excluding hydrogens is 396 g/mol. The molecule has 1 N–H and O–H groups in total. The monoisotopic (exact) mass is 413 g/mol. The Morgan fingerprint density at radius 1 is 1.41 bits per heavy atom. The van der Waals surface area contributed by atoms with Crippen molar-refractivity contribution < 1.29 is 13.5 Å². The fraction of sp³-hybridized carbons (Fsp3) is 0.286. The van der Waals surface area contributed by atoms with Crippen molar-refractivity contribution in [2.24, 2.45) is 5.92 Å². The number of nitrogens with one attached hydrogen (secondary N) is 1. The molecule has 2 aromatic heterocycles. The van der Waals surface area contributed by atoms with E-state index in [9.17, 15) is 18.8 Å². The lowest BCUT2D eigenvalue weighted by Crippen LogP contribution is -2.14. The highest BCUT2D eigenvalue weighted by atomic mass is 32.1. The predicted octanol–water partition coefficient (Wildman–Crippen LogP) is 4.77. The van der Waals surface area contributed by atoms with Gasteiger partial charge in [-0.15, -0.1) is 11.3 Å². The van der Waals surface area contributed by atoms with Crippen LogP contribution in [0, 0.1) is 17.2 Å². The molecule has 0 fully saturated rings. The molecule has 8 heteroatoms. The van der Waals surface area contributed by atoms with E-state index in [0.717, 1.165) is 24.8 Å². The number of thiophene rings is 1. The third-order valence-corrected chi connectivity index (χ3v) is 6.11. The lowest BCUT2D eigenvalue weighted by Gasteiger charge is -2.17. The van der Waals surface area contributed by atoms with E-state index >= 15 is 0 Å². The van der Waals surface area contributed by atoms with Crippen LogP contribution in [0.3, 0.4) is 0 Å². The number of aromatic nitrogens is 2. The van der Waals surface area contributed by atoms with Crippen LogP contribution in [-0.2, 0) is 12.8 Å². The van der Waals surface area contributed by atoms with Gasteiger partial charge in [0.15, 0.2) is 5.82 Å². The van der Waals surface area contributed by atoms with Crippen LogP contribution in [0.4, 0.5) is 8.78 Å². The molecule has 0 saturated heterocycles. The van der Waals surface area contributed by atoms with Crippen LogP contribution in [0.5, 0.6) is 5.75 Å². The Labute approximate surface area is 169 Å². The maximum Gasteiger partial charge on any atom is 0.387 e. The molecule has 0 amide bonds.